The molecule has 0 bridgehead atoms. The van der Waals surface area contributed by atoms with Crippen molar-refractivity contribution >= 4 is 23.7 Å². The number of rotatable bonds is 6. The van der Waals surface area contributed by atoms with Crippen molar-refractivity contribution < 1.29 is 9.59 Å². The van der Waals surface area contributed by atoms with E-state index in [9.17, 15) is 9.59 Å². The van der Waals surface area contributed by atoms with Crippen LogP contribution < -0.4 is 16.2 Å². The number of hydrazine groups is 1. The lowest BCUT2D eigenvalue weighted by Crippen LogP contribution is -2.19. The van der Waals surface area contributed by atoms with Gasteiger partial charge < -0.3 is 5.32 Å². The highest BCUT2D eigenvalue weighted by Crippen LogP contribution is 2.13. The number of hydrogen-bond acceptors (Lipinski definition) is 3. The van der Waals surface area contributed by atoms with Crippen LogP contribution in [0.1, 0.15) is 5.56 Å². The molecule has 2 aromatic rings. The molecule has 0 saturated carbocycles. The molecule has 0 aliphatic heterocycles. The maximum atomic E-state index is 11.9. The molecule has 102 valence electrons. The van der Waals surface area contributed by atoms with Gasteiger partial charge in [0.15, 0.2) is 0 Å². The summed E-state index contributed by atoms with van der Waals surface area (Å²) in [6.45, 7) is 0. The Bertz CT molecular complexity index is 567. The first kappa shape index (κ1) is 13.6. The second-order valence-corrected chi connectivity index (χ2v) is 4.18. The van der Waals surface area contributed by atoms with Crippen LogP contribution in [0.25, 0.3) is 0 Å². The van der Waals surface area contributed by atoms with Gasteiger partial charge in [-0.05, 0) is 29.8 Å². The van der Waals surface area contributed by atoms with Gasteiger partial charge in [-0.25, -0.2) is 0 Å². The lowest BCUT2D eigenvalue weighted by Gasteiger charge is -2.07. The summed E-state index contributed by atoms with van der Waals surface area (Å²) in [4.78, 5) is 22.0. The van der Waals surface area contributed by atoms with Crippen molar-refractivity contribution in [2.75, 3.05) is 10.7 Å². The van der Waals surface area contributed by atoms with Crippen molar-refractivity contribution in [3.63, 3.8) is 0 Å². The first-order chi connectivity index (χ1) is 9.78. The fraction of sp³-hybridized carbons (Fsp3) is 0.0667. The van der Waals surface area contributed by atoms with Crippen LogP contribution in [0, 0.1) is 0 Å². The fourth-order valence-corrected chi connectivity index (χ4v) is 1.74. The highest BCUT2D eigenvalue weighted by molar-refractivity contribution is 5.92. The first-order valence-corrected chi connectivity index (χ1v) is 6.17. The van der Waals surface area contributed by atoms with Crippen molar-refractivity contribution in [3.8, 4) is 0 Å². The van der Waals surface area contributed by atoms with Crippen molar-refractivity contribution in [2.24, 2.45) is 0 Å². The van der Waals surface area contributed by atoms with Gasteiger partial charge in [-0.3, -0.25) is 20.4 Å². The molecule has 0 aromatic heterocycles. The minimum absolute atomic E-state index is 0.0667. The van der Waals surface area contributed by atoms with Gasteiger partial charge in [0, 0.05) is 5.69 Å². The van der Waals surface area contributed by atoms with Gasteiger partial charge in [0.05, 0.1) is 12.1 Å². The number of amides is 2. The van der Waals surface area contributed by atoms with Crippen LogP contribution >= 0.6 is 0 Å². The molecule has 0 spiro atoms. The molecule has 0 saturated heterocycles. The summed E-state index contributed by atoms with van der Waals surface area (Å²) in [5.74, 6) is -0.0667. The minimum atomic E-state index is -0.0667. The lowest BCUT2D eigenvalue weighted by molar-refractivity contribution is -0.115. The zero-order valence-corrected chi connectivity index (χ0v) is 10.8. The molecular formula is C15H15N3O2. The Hall–Kier alpha value is -2.82. The quantitative estimate of drug-likeness (QED) is 0.554. The molecule has 3 N–H and O–H groups in total. The van der Waals surface area contributed by atoms with E-state index < -0.39 is 0 Å². The van der Waals surface area contributed by atoms with Gasteiger partial charge in [-0.15, -0.1) is 0 Å². The van der Waals surface area contributed by atoms with Crippen molar-refractivity contribution in [2.45, 2.75) is 6.42 Å². The highest BCUT2D eigenvalue weighted by atomic mass is 16.1. The third-order valence-electron chi connectivity index (χ3n) is 2.65. The van der Waals surface area contributed by atoms with E-state index in [0.29, 0.717) is 18.5 Å². The van der Waals surface area contributed by atoms with Crippen molar-refractivity contribution in [1.82, 2.24) is 5.43 Å². The van der Waals surface area contributed by atoms with E-state index in [1.807, 2.05) is 30.3 Å². The van der Waals surface area contributed by atoms with Crippen LogP contribution in [0.5, 0.6) is 0 Å². The predicted molar refractivity (Wildman–Crippen MR) is 78.0 cm³/mol. The molecule has 2 rings (SSSR count). The molecule has 0 aliphatic carbocycles. The normalized spacial score (nSPS) is 9.60. The topological polar surface area (TPSA) is 70.2 Å². The molecule has 2 aromatic carbocycles. The van der Waals surface area contributed by atoms with E-state index in [2.05, 4.69) is 16.2 Å². The molecule has 5 heteroatoms. The summed E-state index contributed by atoms with van der Waals surface area (Å²) in [7, 11) is 0. The second kappa shape index (κ2) is 6.94. The molecule has 0 atom stereocenters. The summed E-state index contributed by atoms with van der Waals surface area (Å²) >= 11 is 0. The Morgan fingerprint density at radius 2 is 1.60 bits per heavy atom. The van der Waals surface area contributed by atoms with E-state index >= 15 is 0 Å². The fourth-order valence-electron chi connectivity index (χ4n) is 1.74. The zero-order valence-electron chi connectivity index (χ0n) is 10.8. The van der Waals surface area contributed by atoms with Crippen LogP contribution in [0.4, 0.5) is 11.4 Å². The van der Waals surface area contributed by atoms with Crippen LogP contribution in [-0.4, -0.2) is 12.3 Å². The Labute approximate surface area is 117 Å². The molecule has 20 heavy (non-hydrogen) atoms. The number of carbonyl (C=O) groups is 2. The van der Waals surface area contributed by atoms with Crippen LogP contribution in [0.2, 0.25) is 0 Å². The Morgan fingerprint density at radius 1 is 0.950 bits per heavy atom. The minimum Gasteiger partial charge on any atom is -0.326 e. The van der Waals surface area contributed by atoms with Gasteiger partial charge in [-0.1, -0.05) is 30.3 Å². The second-order valence-electron chi connectivity index (χ2n) is 4.18. The molecule has 2 amide bonds. The van der Waals surface area contributed by atoms with Crippen LogP contribution in [-0.2, 0) is 16.0 Å². The zero-order chi connectivity index (χ0) is 14.2. The van der Waals surface area contributed by atoms with Crippen molar-refractivity contribution in [1.29, 1.82) is 0 Å². The van der Waals surface area contributed by atoms with Crippen LogP contribution in [0.15, 0.2) is 54.6 Å². The monoisotopic (exact) mass is 269 g/mol. The molecule has 0 heterocycles. The predicted octanol–water partition coefficient (Wildman–Crippen LogP) is 1.94. The Morgan fingerprint density at radius 3 is 2.25 bits per heavy atom. The standard InChI is InChI=1S/C15H15N3O2/c19-11-16-18-14-8-6-13(7-9-14)17-15(20)10-12-4-2-1-3-5-12/h1-9,11,18H,10H2,(H,16,19)(H,17,20). The Balaban J connectivity index is 1.89. The summed E-state index contributed by atoms with van der Waals surface area (Å²) in [6, 6.07) is 16.6. The third-order valence-corrected chi connectivity index (χ3v) is 2.65. The number of anilines is 2. The van der Waals surface area contributed by atoms with Gasteiger partial charge in [0.25, 0.3) is 0 Å². The first-order valence-electron chi connectivity index (χ1n) is 6.17. The summed E-state index contributed by atoms with van der Waals surface area (Å²) in [5, 5.41) is 2.82. The average Bonchev–Trinajstić information content (AvgIpc) is 2.47. The van der Waals surface area contributed by atoms with Gasteiger partial charge >= 0.3 is 0 Å². The average molecular weight is 269 g/mol. The molecule has 0 unspecified atom stereocenters. The number of hydrogen-bond donors (Lipinski definition) is 3. The summed E-state index contributed by atoms with van der Waals surface area (Å²) in [5.41, 5.74) is 7.44. The van der Waals surface area contributed by atoms with Gasteiger partial charge in [-0.2, -0.15) is 0 Å². The number of carbonyl (C=O) groups excluding carboxylic acids is 2. The van der Waals surface area contributed by atoms with Gasteiger partial charge in [0.2, 0.25) is 12.3 Å². The molecule has 0 fully saturated rings. The lowest BCUT2D eigenvalue weighted by atomic mass is 10.1. The third kappa shape index (κ3) is 4.13. The van der Waals surface area contributed by atoms with Gasteiger partial charge in [0.1, 0.15) is 0 Å². The maximum absolute atomic E-state index is 11.9. The van der Waals surface area contributed by atoms with E-state index in [1.54, 1.807) is 24.3 Å². The van der Waals surface area contributed by atoms with Crippen molar-refractivity contribution in [3.05, 3.63) is 60.2 Å². The van der Waals surface area contributed by atoms with E-state index in [-0.39, 0.29) is 5.91 Å². The Kier molecular flexibility index (Phi) is 4.72. The molecule has 0 radical (unpaired) electrons. The number of nitrogens with one attached hydrogen (secondary N) is 3. The van der Waals surface area contributed by atoms with Crippen LogP contribution in [0.3, 0.4) is 0 Å². The SMILES string of the molecule is O=CNNc1ccc(NC(=O)Cc2ccccc2)cc1. The summed E-state index contributed by atoms with van der Waals surface area (Å²) in [6.07, 6.45) is 0.892. The molecule has 5 nitrogen and oxygen atoms in total. The van der Waals surface area contributed by atoms with E-state index in [1.165, 1.54) is 0 Å². The smallest absolute Gasteiger partial charge is 0.228 e. The maximum Gasteiger partial charge on any atom is 0.228 e. The summed E-state index contributed by atoms with van der Waals surface area (Å²) < 4.78 is 0. The molecule has 0 aliphatic rings. The van der Waals surface area contributed by atoms with E-state index in [4.69, 9.17) is 0 Å². The highest BCUT2D eigenvalue weighted by Gasteiger charge is 2.03. The largest absolute Gasteiger partial charge is 0.326 e. The number of benzene rings is 2. The van der Waals surface area contributed by atoms with E-state index in [0.717, 1.165) is 11.3 Å². The molecular weight excluding hydrogens is 254 g/mol.